The fourth-order valence-corrected chi connectivity index (χ4v) is 3.43. The molecule has 0 amide bonds. The number of hydrogen-bond acceptors (Lipinski definition) is 5. The van der Waals surface area contributed by atoms with Gasteiger partial charge < -0.3 is 15.2 Å². The minimum Gasteiger partial charge on any atom is -0.359 e. The van der Waals surface area contributed by atoms with Crippen LogP contribution in [0.1, 0.15) is 74.5 Å². The normalized spacial score (nSPS) is 12.2. The summed E-state index contributed by atoms with van der Waals surface area (Å²) >= 11 is 1.67. The van der Waals surface area contributed by atoms with E-state index in [4.69, 9.17) is 4.52 Å². The van der Waals surface area contributed by atoms with Gasteiger partial charge >= 0.3 is 0 Å². The van der Waals surface area contributed by atoms with Crippen LogP contribution in [0.3, 0.4) is 0 Å². The smallest absolute Gasteiger partial charge is 0.191 e. The summed E-state index contributed by atoms with van der Waals surface area (Å²) in [5.41, 5.74) is 2.18. The van der Waals surface area contributed by atoms with Crippen LogP contribution in [0, 0.1) is 0 Å². The lowest BCUT2D eigenvalue weighted by atomic mass is 9.99. The lowest BCUT2D eigenvalue weighted by Crippen LogP contribution is -2.36. The first-order valence-electron chi connectivity index (χ1n) is 8.91. The maximum atomic E-state index is 5.43. The van der Waals surface area contributed by atoms with Crippen LogP contribution in [-0.4, -0.2) is 23.1 Å². The zero-order valence-corrected chi connectivity index (χ0v) is 16.6. The topological polar surface area (TPSA) is 75.3 Å². The lowest BCUT2D eigenvalue weighted by molar-refractivity contribution is 0.368. The van der Waals surface area contributed by atoms with Gasteiger partial charge in [0.2, 0.25) is 0 Å². The molecular formula is C18H29N5OS. The van der Waals surface area contributed by atoms with E-state index in [1.54, 1.807) is 18.4 Å². The molecule has 0 saturated carbocycles. The number of nitrogens with zero attached hydrogens (tertiary/aromatic N) is 3. The Labute approximate surface area is 154 Å². The highest BCUT2D eigenvalue weighted by atomic mass is 32.1. The molecule has 138 valence electrons. The van der Waals surface area contributed by atoms with Crippen molar-refractivity contribution >= 4 is 17.3 Å². The van der Waals surface area contributed by atoms with Gasteiger partial charge in [0, 0.05) is 24.4 Å². The second-order valence-corrected chi connectivity index (χ2v) is 7.27. The van der Waals surface area contributed by atoms with Crippen molar-refractivity contribution in [2.75, 3.05) is 7.05 Å². The Kier molecular flexibility index (Phi) is 7.43. The number of rotatable bonds is 8. The van der Waals surface area contributed by atoms with Gasteiger partial charge in [0.15, 0.2) is 11.7 Å². The monoisotopic (exact) mass is 363 g/mol. The van der Waals surface area contributed by atoms with Gasteiger partial charge in [-0.05, 0) is 18.8 Å². The van der Waals surface area contributed by atoms with Crippen molar-refractivity contribution in [3.8, 4) is 0 Å². The Morgan fingerprint density at radius 2 is 1.92 bits per heavy atom. The van der Waals surface area contributed by atoms with Crippen LogP contribution in [0.4, 0.5) is 0 Å². The van der Waals surface area contributed by atoms with Gasteiger partial charge in [-0.25, -0.2) is 4.98 Å². The Hall–Kier alpha value is -1.89. The van der Waals surface area contributed by atoms with Crippen molar-refractivity contribution in [3.63, 3.8) is 0 Å². The number of thiazole rings is 1. The minimum atomic E-state index is 0.457. The molecule has 0 saturated heterocycles. The first-order valence-corrected chi connectivity index (χ1v) is 9.79. The van der Waals surface area contributed by atoms with Crippen LogP contribution < -0.4 is 10.6 Å². The molecule has 0 bridgehead atoms. The Morgan fingerprint density at radius 3 is 2.52 bits per heavy atom. The van der Waals surface area contributed by atoms with E-state index in [0.29, 0.717) is 24.9 Å². The summed E-state index contributed by atoms with van der Waals surface area (Å²) < 4.78 is 5.43. The number of nitrogens with one attached hydrogen (secondary N) is 2. The molecule has 2 rings (SSSR count). The van der Waals surface area contributed by atoms with Crippen molar-refractivity contribution in [2.24, 2.45) is 4.99 Å². The van der Waals surface area contributed by atoms with Crippen LogP contribution >= 0.6 is 11.3 Å². The molecule has 2 aromatic rings. The van der Waals surface area contributed by atoms with Gasteiger partial charge in [0.1, 0.15) is 5.01 Å². The Morgan fingerprint density at radius 1 is 1.20 bits per heavy atom. The minimum absolute atomic E-state index is 0.457. The summed E-state index contributed by atoms with van der Waals surface area (Å²) in [7, 11) is 1.76. The van der Waals surface area contributed by atoms with Crippen molar-refractivity contribution < 1.29 is 4.52 Å². The summed E-state index contributed by atoms with van der Waals surface area (Å²) in [6.07, 6.45) is 2.15. The summed E-state index contributed by atoms with van der Waals surface area (Å²) in [5, 5.41) is 13.9. The van der Waals surface area contributed by atoms with Crippen LogP contribution in [0.25, 0.3) is 0 Å². The van der Waals surface area contributed by atoms with Gasteiger partial charge in [-0.15, -0.1) is 11.3 Å². The average molecular weight is 364 g/mol. The van der Waals surface area contributed by atoms with Crippen molar-refractivity contribution in [3.05, 3.63) is 33.6 Å². The predicted molar refractivity (Wildman–Crippen MR) is 103 cm³/mol. The van der Waals surface area contributed by atoms with Crippen LogP contribution in [0.2, 0.25) is 0 Å². The molecule has 0 atom stereocenters. The molecule has 0 aliphatic rings. The maximum absolute atomic E-state index is 5.43. The first kappa shape index (κ1) is 19.4. The van der Waals surface area contributed by atoms with E-state index in [0.717, 1.165) is 41.0 Å². The lowest BCUT2D eigenvalue weighted by Gasteiger charge is -2.09. The predicted octanol–water partition coefficient (Wildman–Crippen LogP) is 4.02. The summed E-state index contributed by atoms with van der Waals surface area (Å²) in [5.74, 6) is 2.47. The molecule has 0 unspecified atom stereocenters. The molecule has 2 N–H and O–H groups in total. The standard InChI is InChI=1S/C18H29N5OS/c1-6-13(7-2)15-8-14(24-23-15)9-20-18(19-5)21-10-17-22-16(11-25-17)12(3)4/h8,11-13H,6-7,9-10H2,1-5H3,(H2,19,20,21). The molecule has 2 heterocycles. The van der Waals surface area contributed by atoms with E-state index < -0.39 is 0 Å². The first-order chi connectivity index (χ1) is 12.1. The molecule has 0 radical (unpaired) electrons. The number of aromatic nitrogens is 2. The highest BCUT2D eigenvalue weighted by Gasteiger charge is 2.13. The molecular weight excluding hydrogens is 334 g/mol. The summed E-state index contributed by atoms with van der Waals surface area (Å²) in [4.78, 5) is 8.86. The largest absolute Gasteiger partial charge is 0.359 e. The Balaban J connectivity index is 1.84. The van der Waals surface area contributed by atoms with Crippen molar-refractivity contribution in [2.45, 2.75) is 65.5 Å². The van der Waals surface area contributed by atoms with E-state index in [1.807, 2.05) is 6.07 Å². The molecule has 0 fully saturated rings. The molecule has 0 aliphatic heterocycles. The van der Waals surface area contributed by atoms with Crippen molar-refractivity contribution in [1.82, 2.24) is 20.8 Å². The quantitative estimate of drug-likeness (QED) is 0.547. The fourth-order valence-electron chi connectivity index (χ4n) is 2.53. The second kappa shape index (κ2) is 9.56. The number of hydrogen-bond donors (Lipinski definition) is 2. The second-order valence-electron chi connectivity index (χ2n) is 6.33. The molecule has 0 spiro atoms. The maximum Gasteiger partial charge on any atom is 0.191 e. The molecule has 7 heteroatoms. The molecule has 0 aromatic carbocycles. The highest BCUT2D eigenvalue weighted by Crippen LogP contribution is 2.22. The van der Waals surface area contributed by atoms with E-state index in [9.17, 15) is 0 Å². The third-order valence-electron chi connectivity index (χ3n) is 4.20. The van der Waals surface area contributed by atoms with Gasteiger partial charge in [-0.3, -0.25) is 4.99 Å². The highest BCUT2D eigenvalue weighted by molar-refractivity contribution is 7.09. The summed E-state index contributed by atoms with van der Waals surface area (Å²) in [6.45, 7) is 9.88. The van der Waals surface area contributed by atoms with E-state index >= 15 is 0 Å². The molecule has 2 aromatic heterocycles. The Bertz CT molecular complexity index is 673. The fraction of sp³-hybridized carbons (Fsp3) is 0.611. The van der Waals surface area contributed by atoms with E-state index in [2.05, 4.69) is 58.8 Å². The molecule has 0 aliphatic carbocycles. The SMILES string of the molecule is CCC(CC)c1cc(CNC(=NC)NCc2nc(C(C)C)cs2)on1. The average Bonchev–Trinajstić information content (AvgIpc) is 3.26. The van der Waals surface area contributed by atoms with Gasteiger partial charge in [-0.2, -0.15) is 0 Å². The third-order valence-corrected chi connectivity index (χ3v) is 5.07. The van der Waals surface area contributed by atoms with Gasteiger partial charge in [-0.1, -0.05) is 32.9 Å². The zero-order valence-electron chi connectivity index (χ0n) is 15.8. The van der Waals surface area contributed by atoms with Crippen LogP contribution in [0.5, 0.6) is 0 Å². The molecule has 25 heavy (non-hydrogen) atoms. The van der Waals surface area contributed by atoms with Gasteiger partial charge in [0.05, 0.1) is 24.5 Å². The summed E-state index contributed by atoms with van der Waals surface area (Å²) in [6, 6.07) is 2.04. The zero-order chi connectivity index (χ0) is 18.2. The van der Waals surface area contributed by atoms with Gasteiger partial charge in [0.25, 0.3) is 0 Å². The number of guanidine groups is 1. The van der Waals surface area contributed by atoms with E-state index in [1.165, 1.54) is 0 Å². The molecule has 6 nitrogen and oxygen atoms in total. The third kappa shape index (κ3) is 5.56. The van der Waals surface area contributed by atoms with Crippen LogP contribution in [-0.2, 0) is 13.1 Å². The van der Waals surface area contributed by atoms with Crippen molar-refractivity contribution in [1.29, 1.82) is 0 Å². The van der Waals surface area contributed by atoms with E-state index in [-0.39, 0.29) is 0 Å². The number of aliphatic imine (C=N–C) groups is 1. The van der Waals surface area contributed by atoms with Crippen LogP contribution in [0.15, 0.2) is 21.0 Å².